The third-order valence-electron chi connectivity index (χ3n) is 5.03. The minimum atomic E-state index is 0.462. The van der Waals surface area contributed by atoms with E-state index in [1.165, 1.54) is 30.6 Å². The van der Waals surface area contributed by atoms with E-state index in [0.717, 1.165) is 23.9 Å². The van der Waals surface area contributed by atoms with Crippen LogP contribution in [0.4, 0.5) is 0 Å². The summed E-state index contributed by atoms with van der Waals surface area (Å²) in [7, 11) is 0. The summed E-state index contributed by atoms with van der Waals surface area (Å²) in [4.78, 5) is 4.43. The molecule has 0 aliphatic heterocycles. The van der Waals surface area contributed by atoms with Gasteiger partial charge in [-0.25, -0.2) is 9.67 Å². The van der Waals surface area contributed by atoms with Crippen molar-refractivity contribution in [2.75, 3.05) is 6.54 Å². The molecular weight excluding hydrogens is 284 g/mol. The highest BCUT2D eigenvalue weighted by molar-refractivity contribution is 5.38. The van der Waals surface area contributed by atoms with Crippen molar-refractivity contribution >= 4 is 0 Å². The van der Waals surface area contributed by atoms with Crippen molar-refractivity contribution in [3.05, 3.63) is 53.5 Å². The van der Waals surface area contributed by atoms with Gasteiger partial charge in [-0.15, -0.1) is 0 Å². The third-order valence-corrected chi connectivity index (χ3v) is 5.03. The fourth-order valence-electron chi connectivity index (χ4n) is 3.60. The second kappa shape index (κ2) is 5.93. The second-order valence-electron chi connectivity index (χ2n) is 6.87. The molecule has 0 spiro atoms. The number of rotatable bonds is 5. The van der Waals surface area contributed by atoms with Crippen LogP contribution in [-0.4, -0.2) is 27.4 Å². The normalized spacial score (nSPS) is 23.6. The first-order chi connectivity index (χ1) is 11.2. The number of aromatic nitrogens is 3. The van der Waals surface area contributed by atoms with E-state index >= 15 is 0 Å². The average molecular weight is 308 g/mol. The highest BCUT2D eigenvalue weighted by Gasteiger charge is 2.28. The van der Waals surface area contributed by atoms with Crippen molar-refractivity contribution in [1.82, 2.24) is 20.1 Å². The van der Waals surface area contributed by atoms with Gasteiger partial charge in [0, 0.05) is 29.4 Å². The summed E-state index contributed by atoms with van der Waals surface area (Å²) in [5.41, 5.74) is 3.69. The summed E-state index contributed by atoms with van der Waals surface area (Å²) in [6, 6.07) is 6.46. The maximum absolute atomic E-state index is 4.73. The third kappa shape index (κ3) is 2.95. The van der Waals surface area contributed by atoms with E-state index in [0.29, 0.717) is 12.0 Å². The van der Waals surface area contributed by atoms with Crippen LogP contribution in [0.1, 0.15) is 42.1 Å². The van der Waals surface area contributed by atoms with Gasteiger partial charge in [0.25, 0.3) is 0 Å². The number of hydrogen-bond donors (Lipinski definition) is 1. The molecule has 0 bridgehead atoms. The van der Waals surface area contributed by atoms with Crippen molar-refractivity contribution in [2.45, 2.75) is 45.1 Å². The Morgan fingerprint density at radius 1 is 1.22 bits per heavy atom. The number of aryl methyl sites for hydroxylation is 1. The second-order valence-corrected chi connectivity index (χ2v) is 6.87. The smallest absolute Gasteiger partial charge is 0.153 e. The molecule has 4 nitrogen and oxygen atoms in total. The van der Waals surface area contributed by atoms with Crippen molar-refractivity contribution in [3.8, 4) is 5.82 Å². The lowest BCUT2D eigenvalue weighted by molar-refractivity contribution is 0.539. The Morgan fingerprint density at radius 2 is 2.09 bits per heavy atom. The van der Waals surface area contributed by atoms with E-state index in [9.17, 15) is 0 Å². The Balaban J connectivity index is 1.53. The van der Waals surface area contributed by atoms with Gasteiger partial charge in [-0.1, -0.05) is 18.2 Å². The Morgan fingerprint density at radius 3 is 2.83 bits per heavy atom. The molecule has 2 aromatic heterocycles. The van der Waals surface area contributed by atoms with Crippen LogP contribution in [0, 0.1) is 19.8 Å². The molecule has 4 rings (SSSR count). The molecule has 0 amide bonds. The number of hydrogen-bond acceptors (Lipinski definition) is 3. The summed E-state index contributed by atoms with van der Waals surface area (Å²) < 4.78 is 1.98. The standard InChI is InChI=1S/C19H24N4/c1-13-19(14(2)23(22-13)18-5-3-4-10-20-18)16-8-9-17(11-16)21-12-15-6-7-15/h3-5,8-10,15-17,21H,6-7,11-12H2,1-2H3/t16-,17+/m0/s1. The molecule has 1 saturated carbocycles. The zero-order valence-electron chi connectivity index (χ0n) is 13.9. The lowest BCUT2D eigenvalue weighted by Gasteiger charge is -2.14. The van der Waals surface area contributed by atoms with E-state index in [1.807, 2.05) is 29.1 Å². The Bertz CT molecular complexity index is 712. The highest BCUT2D eigenvalue weighted by Crippen LogP contribution is 2.34. The molecule has 0 unspecified atom stereocenters. The quantitative estimate of drug-likeness (QED) is 0.862. The largest absolute Gasteiger partial charge is 0.310 e. The van der Waals surface area contributed by atoms with Gasteiger partial charge in [0.15, 0.2) is 5.82 Å². The lowest BCUT2D eigenvalue weighted by Crippen LogP contribution is -2.28. The molecule has 2 atom stereocenters. The molecule has 2 aliphatic carbocycles. The maximum Gasteiger partial charge on any atom is 0.153 e. The van der Waals surface area contributed by atoms with Gasteiger partial charge < -0.3 is 5.32 Å². The highest BCUT2D eigenvalue weighted by atomic mass is 15.3. The first-order valence-electron chi connectivity index (χ1n) is 8.61. The minimum absolute atomic E-state index is 0.462. The fourth-order valence-corrected chi connectivity index (χ4v) is 3.60. The van der Waals surface area contributed by atoms with Gasteiger partial charge in [-0.3, -0.25) is 0 Å². The molecule has 1 fully saturated rings. The van der Waals surface area contributed by atoms with Crippen LogP contribution in [0.2, 0.25) is 0 Å². The Labute approximate surface area is 137 Å². The minimum Gasteiger partial charge on any atom is -0.310 e. The summed E-state index contributed by atoms with van der Waals surface area (Å²) in [5.74, 6) is 2.28. The molecule has 2 heterocycles. The summed E-state index contributed by atoms with van der Waals surface area (Å²) in [5, 5.41) is 8.43. The van der Waals surface area contributed by atoms with Crippen LogP contribution in [0.3, 0.4) is 0 Å². The van der Waals surface area contributed by atoms with Crippen LogP contribution in [-0.2, 0) is 0 Å². The molecule has 1 N–H and O–H groups in total. The monoisotopic (exact) mass is 308 g/mol. The first-order valence-corrected chi connectivity index (χ1v) is 8.61. The molecule has 0 aromatic carbocycles. The molecule has 2 aromatic rings. The van der Waals surface area contributed by atoms with Gasteiger partial charge in [0.2, 0.25) is 0 Å². The van der Waals surface area contributed by atoms with Gasteiger partial charge in [-0.05, 0) is 57.7 Å². The Hall–Kier alpha value is -1.94. The zero-order valence-corrected chi connectivity index (χ0v) is 13.9. The van der Waals surface area contributed by atoms with E-state index in [-0.39, 0.29) is 0 Å². The molecular formula is C19H24N4. The number of nitrogens with zero attached hydrogens (tertiary/aromatic N) is 3. The molecule has 120 valence electrons. The summed E-state index contributed by atoms with van der Waals surface area (Å²) in [6.45, 7) is 5.44. The van der Waals surface area contributed by atoms with Crippen molar-refractivity contribution in [3.63, 3.8) is 0 Å². The van der Waals surface area contributed by atoms with Gasteiger partial charge >= 0.3 is 0 Å². The van der Waals surface area contributed by atoms with Crippen LogP contribution in [0.5, 0.6) is 0 Å². The van der Waals surface area contributed by atoms with Crippen molar-refractivity contribution in [1.29, 1.82) is 0 Å². The van der Waals surface area contributed by atoms with E-state index < -0.39 is 0 Å². The van der Waals surface area contributed by atoms with E-state index in [4.69, 9.17) is 5.10 Å². The average Bonchev–Trinajstić information content (AvgIpc) is 3.21. The van der Waals surface area contributed by atoms with Gasteiger partial charge in [-0.2, -0.15) is 5.10 Å². The molecule has 2 aliphatic rings. The Kier molecular flexibility index (Phi) is 3.77. The van der Waals surface area contributed by atoms with Crippen LogP contribution < -0.4 is 5.32 Å². The topological polar surface area (TPSA) is 42.7 Å². The molecule has 0 radical (unpaired) electrons. The first kappa shape index (κ1) is 14.6. The summed E-state index contributed by atoms with van der Waals surface area (Å²) in [6.07, 6.45) is 10.5. The molecule has 4 heteroatoms. The number of pyridine rings is 1. The van der Waals surface area contributed by atoms with Gasteiger partial charge in [0.05, 0.1) is 5.69 Å². The summed E-state index contributed by atoms with van der Waals surface area (Å²) >= 11 is 0. The number of allylic oxidation sites excluding steroid dienone is 1. The molecule has 23 heavy (non-hydrogen) atoms. The number of nitrogens with one attached hydrogen (secondary N) is 1. The SMILES string of the molecule is Cc1nn(-c2ccccn2)c(C)c1[C@H]1C=C[C@@H](NCC2CC2)C1. The van der Waals surface area contributed by atoms with Crippen LogP contribution in [0.25, 0.3) is 5.82 Å². The molecule has 0 saturated heterocycles. The van der Waals surface area contributed by atoms with Gasteiger partial charge in [0.1, 0.15) is 0 Å². The predicted molar refractivity (Wildman–Crippen MR) is 91.8 cm³/mol. The van der Waals surface area contributed by atoms with Crippen molar-refractivity contribution in [2.24, 2.45) is 5.92 Å². The van der Waals surface area contributed by atoms with Crippen molar-refractivity contribution < 1.29 is 0 Å². The van der Waals surface area contributed by atoms with Crippen LogP contribution in [0.15, 0.2) is 36.5 Å². The van der Waals surface area contributed by atoms with E-state index in [1.54, 1.807) is 0 Å². The zero-order chi connectivity index (χ0) is 15.8. The fraction of sp³-hybridized carbons (Fsp3) is 0.474. The maximum atomic E-state index is 4.73. The lowest BCUT2D eigenvalue weighted by atomic mass is 9.96. The predicted octanol–water partition coefficient (Wildman–Crippen LogP) is 3.30. The van der Waals surface area contributed by atoms with Crippen LogP contribution >= 0.6 is 0 Å². The van der Waals surface area contributed by atoms with E-state index in [2.05, 4.69) is 36.3 Å².